The highest BCUT2D eigenvalue weighted by Crippen LogP contribution is 2.21. The Morgan fingerprint density at radius 1 is 1.50 bits per heavy atom. The lowest BCUT2D eigenvalue weighted by Gasteiger charge is -2.29. The molecule has 0 bridgehead atoms. The maximum atomic E-state index is 9.84. The van der Waals surface area contributed by atoms with Crippen LogP contribution in [0, 0.1) is 0 Å². The van der Waals surface area contributed by atoms with Crippen molar-refractivity contribution < 1.29 is 10.2 Å². The number of aliphatic hydroxyl groups is 2. The fourth-order valence-corrected chi connectivity index (χ4v) is 1.18. The van der Waals surface area contributed by atoms with Crippen molar-refractivity contribution in [3.63, 3.8) is 0 Å². The first-order chi connectivity index (χ1) is 5.56. The second-order valence-corrected chi connectivity index (χ2v) is 3.24. The zero-order chi connectivity index (χ0) is 9.61. The summed E-state index contributed by atoms with van der Waals surface area (Å²) in [5.41, 5.74) is -0.903. The van der Waals surface area contributed by atoms with Crippen LogP contribution in [0.2, 0.25) is 0 Å². The van der Waals surface area contributed by atoms with Crippen molar-refractivity contribution in [3.05, 3.63) is 12.2 Å². The average molecular weight is 172 g/mol. The average Bonchev–Trinajstić information content (AvgIpc) is 2.04. The van der Waals surface area contributed by atoms with Crippen molar-refractivity contribution in [2.45, 2.75) is 51.7 Å². The van der Waals surface area contributed by atoms with E-state index in [9.17, 15) is 10.2 Å². The van der Waals surface area contributed by atoms with Crippen molar-refractivity contribution in [3.8, 4) is 0 Å². The van der Waals surface area contributed by atoms with Crippen molar-refractivity contribution in [1.82, 2.24) is 0 Å². The molecule has 0 aromatic carbocycles. The molecule has 2 heteroatoms. The topological polar surface area (TPSA) is 40.5 Å². The molecule has 0 rings (SSSR count). The van der Waals surface area contributed by atoms with Crippen molar-refractivity contribution >= 4 is 0 Å². The van der Waals surface area contributed by atoms with Gasteiger partial charge in [0, 0.05) is 0 Å². The summed E-state index contributed by atoms with van der Waals surface area (Å²) in [6.07, 6.45) is 5.37. The molecular formula is C10H20O2. The summed E-state index contributed by atoms with van der Waals surface area (Å²) in [5, 5.41) is 19.1. The molecule has 0 aliphatic heterocycles. The maximum absolute atomic E-state index is 9.84. The minimum atomic E-state index is -0.903. The van der Waals surface area contributed by atoms with Gasteiger partial charge < -0.3 is 10.2 Å². The third-order valence-corrected chi connectivity index (χ3v) is 2.37. The van der Waals surface area contributed by atoms with Crippen molar-refractivity contribution in [2.75, 3.05) is 0 Å². The molecule has 0 fully saturated rings. The van der Waals surface area contributed by atoms with Crippen LogP contribution in [-0.2, 0) is 0 Å². The molecule has 0 aliphatic carbocycles. The zero-order valence-electron chi connectivity index (χ0n) is 8.25. The van der Waals surface area contributed by atoms with Gasteiger partial charge in [0.25, 0.3) is 0 Å². The SMILES string of the molecule is CC=CCCC(O)(CC)C(C)O. The van der Waals surface area contributed by atoms with E-state index in [1.54, 1.807) is 6.92 Å². The lowest BCUT2D eigenvalue weighted by molar-refractivity contribution is -0.0732. The minimum absolute atomic E-state index is 0.599. The Balaban J connectivity index is 3.96. The van der Waals surface area contributed by atoms with Crippen molar-refractivity contribution in [1.29, 1.82) is 0 Å². The quantitative estimate of drug-likeness (QED) is 0.621. The summed E-state index contributed by atoms with van der Waals surface area (Å²) in [5.74, 6) is 0. The van der Waals surface area contributed by atoms with Gasteiger partial charge in [-0.2, -0.15) is 0 Å². The lowest BCUT2D eigenvalue weighted by Crippen LogP contribution is -2.39. The molecule has 0 saturated carbocycles. The van der Waals surface area contributed by atoms with E-state index in [1.165, 1.54) is 0 Å². The van der Waals surface area contributed by atoms with Gasteiger partial charge in [-0.15, -0.1) is 0 Å². The Bertz CT molecular complexity index is 141. The van der Waals surface area contributed by atoms with E-state index in [0.717, 1.165) is 6.42 Å². The largest absolute Gasteiger partial charge is 0.390 e. The van der Waals surface area contributed by atoms with Crippen LogP contribution in [0.4, 0.5) is 0 Å². The zero-order valence-corrected chi connectivity index (χ0v) is 8.25. The number of hydrogen-bond donors (Lipinski definition) is 2. The van der Waals surface area contributed by atoms with E-state index in [-0.39, 0.29) is 0 Å². The van der Waals surface area contributed by atoms with Crippen LogP contribution in [0.15, 0.2) is 12.2 Å². The van der Waals surface area contributed by atoms with Crippen LogP contribution in [0.3, 0.4) is 0 Å². The van der Waals surface area contributed by atoms with Gasteiger partial charge in [0.15, 0.2) is 0 Å². The Morgan fingerprint density at radius 2 is 2.08 bits per heavy atom. The first kappa shape index (κ1) is 11.7. The first-order valence-electron chi connectivity index (χ1n) is 4.58. The minimum Gasteiger partial charge on any atom is -0.390 e. The molecule has 0 spiro atoms. The van der Waals surface area contributed by atoms with Crippen LogP contribution in [0.1, 0.15) is 40.0 Å². The Hall–Kier alpha value is -0.340. The molecule has 0 amide bonds. The van der Waals surface area contributed by atoms with Crippen LogP contribution in [-0.4, -0.2) is 21.9 Å². The molecule has 0 aromatic rings. The molecule has 2 atom stereocenters. The fourth-order valence-electron chi connectivity index (χ4n) is 1.18. The Kier molecular flexibility index (Phi) is 5.18. The molecule has 12 heavy (non-hydrogen) atoms. The van der Waals surface area contributed by atoms with Crippen LogP contribution < -0.4 is 0 Å². The number of hydrogen-bond acceptors (Lipinski definition) is 2. The molecule has 0 saturated heterocycles. The van der Waals surface area contributed by atoms with E-state index in [1.807, 2.05) is 26.0 Å². The summed E-state index contributed by atoms with van der Waals surface area (Å²) in [7, 11) is 0. The smallest absolute Gasteiger partial charge is 0.0903 e. The summed E-state index contributed by atoms with van der Waals surface area (Å²) in [4.78, 5) is 0. The number of rotatable bonds is 5. The molecule has 0 aromatic heterocycles. The molecule has 2 nitrogen and oxygen atoms in total. The van der Waals surface area contributed by atoms with Crippen LogP contribution >= 0.6 is 0 Å². The third kappa shape index (κ3) is 3.37. The predicted octanol–water partition coefficient (Wildman–Crippen LogP) is 1.86. The van der Waals surface area contributed by atoms with Crippen molar-refractivity contribution in [2.24, 2.45) is 0 Å². The van der Waals surface area contributed by atoms with Gasteiger partial charge in [-0.25, -0.2) is 0 Å². The molecule has 72 valence electrons. The standard InChI is InChI=1S/C10H20O2/c1-4-6-7-8-10(12,5-2)9(3)11/h4,6,9,11-12H,5,7-8H2,1-3H3. The monoisotopic (exact) mass is 172 g/mol. The second kappa shape index (κ2) is 5.33. The maximum Gasteiger partial charge on any atom is 0.0903 e. The normalized spacial score (nSPS) is 19.4. The van der Waals surface area contributed by atoms with Gasteiger partial charge in [-0.3, -0.25) is 0 Å². The number of allylic oxidation sites excluding steroid dienone is 2. The summed E-state index contributed by atoms with van der Waals surface area (Å²) in [6, 6.07) is 0. The van der Waals surface area contributed by atoms with E-state index in [4.69, 9.17) is 0 Å². The predicted molar refractivity (Wildman–Crippen MR) is 51.0 cm³/mol. The molecule has 2 N–H and O–H groups in total. The van der Waals surface area contributed by atoms with E-state index >= 15 is 0 Å². The summed E-state index contributed by atoms with van der Waals surface area (Å²) in [6.45, 7) is 5.48. The van der Waals surface area contributed by atoms with E-state index < -0.39 is 11.7 Å². The van der Waals surface area contributed by atoms with Gasteiger partial charge in [-0.1, -0.05) is 19.1 Å². The highest BCUT2D eigenvalue weighted by Gasteiger charge is 2.29. The fraction of sp³-hybridized carbons (Fsp3) is 0.800. The Morgan fingerprint density at radius 3 is 2.42 bits per heavy atom. The van der Waals surface area contributed by atoms with Gasteiger partial charge >= 0.3 is 0 Å². The molecule has 0 aliphatic rings. The lowest BCUT2D eigenvalue weighted by atomic mass is 9.89. The third-order valence-electron chi connectivity index (χ3n) is 2.37. The van der Waals surface area contributed by atoms with Crippen LogP contribution in [0.5, 0.6) is 0 Å². The number of aliphatic hydroxyl groups excluding tert-OH is 1. The summed E-state index contributed by atoms with van der Waals surface area (Å²) < 4.78 is 0. The first-order valence-corrected chi connectivity index (χ1v) is 4.58. The molecule has 0 radical (unpaired) electrons. The highest BCUT2D eigenvalue weighted by molar-refractivity contribution is 4.87. The second-order valence-electron chi connectivity index (χ2n) is 3.24. The highest BCUT2D eigenvalue weighted by atomic mass is 16.3. The van der Waals surface area contributed by atoms with Gasteiger partial charge in [-0.05, 0) is 33.1 Å². The summed E-state index contributed by atoms with van der Waals surface area (Å²) >= 11 is 0. The molecule has 2 unspecified atom stereocenters. The van der Waals surface area contributed by atoms with Gasteiger partial charge in [0.05, 0.1) is 11.7 Å². The van der Waals surface area contributed by atoms with Crippen LogP contribution in [0.25, 0.3) is 0 Å². The Labute approximate surface area is 74.9 Å². The van der Waals surface area contributed by atoms with Gasteiger partial charge in [0.2, 0.25) is 0 Å². The molecule has 0 heterocycles. The van der Waals surface area contributed by atoms with E-state index in [0.29, 0.717) is 12.8 Å². The molecular weight excluding hydrogens is 152 g/mol. The van der Waals surface area contributed by atoms with Gasteiger partial charge in [0.1, 0.15) is 0 Å². The van der Waals surface area contributed by atoms with E-state index in [2.05, 4.69) is 0 Å².